The average molecular weight is 369 g/mol. The lowest BCUT2D eigenvalue weighted by Gasteiger charge is -2.16. The number of hydrogen-bond acceptors (Lipinski definition) is 5. The number of ether oxygens (including phenoxy) is 1. The number of amides is 1. The molecule has 2 aromatic heterocycles. The molecular formula is C19H19N3O3S. The van der Waals surface area contributed by atoms with Gasteiger partial charge in [0.15, 0.2) is 6.61 Å². The standard InChI is InChI=1S/C19H19N3O3S/c1-21(11-16-7-10-26-14-16)18(23)13-25-19(24)17-5-3-15(4-6-17)12-22-9-2-8-20-22/h2-10,14H,11-13H2,1H3. The second-order valence-electron chi connectivity index (χ2n) is 5.86. The van der Waals surface area contributed by atoms with E-state index in [1.165, 1.54) is 0 Å². The van der Waals surface area contributed by atoms with Crippen LogP contribution in [-0.2, 0) is 22.6 Å². The molecule has 1 amide bonds. The molecule has 26 heavy (non-hydrogen) atoms. The fourth-order valence-electron chi connectivity index (χ4n) is 2.39. The number of hydrogen-bond donors (Lipinski definition) is 0. The Balaban J connectivity index is 1.49. The molecule has 6 nitrogen and oxygen atoms in total. The van der Waals surface area contributed by atoms with Gasteiger partial charge in [0.05, 0.1) is 12.1 Å². The van der Waals surface area contributed by atoms with Crippen molar-refractivity contribution in [2.24, 2.45) is 0 Å². The number of thiophene rings is 1. The predicted molar refractivity (Wildman–Crippen MR) is 98.8 cm³/mol. The largest absolute Gasteiger partial charge is 0.452 e. The minimum atomic E-state index is -0.507. The zero-order valence-electron chi connectivity index (χ0n) is 14.4. The molecule has 0 fully saturated rings. The Hall–Kier alpha value is -2.93. The van der Waals surface area contributed by atoms with Crippen LogP contribution < -0.4 is 0 Å². The molecule has 0 saturated carbocycles. The summed E-state index contributed by atoms with van der Waals surface area (Å²) in [6.45, 7) is 0.866. The number of aromatic nitrogens is 2. The van der Waals surface area contributed by atoms with Crippen LogP contribution in [0.2, 0.25) is 0 Å². The topological polar surface area (TPSA) is 64.4 Å². The first-order chi connectivity index (χ1) is 12.6. The van der Waals surface area contributed by atoms with Gasteiger partial charge in [-0.2, -0.15) is 16.4 Å². The predicted octanol–water partition coefficient (Wildman–Crippen LogP) is 2.81. The summed E-state index contributed by atoms with van der Waals surface area (Å²) in [6, 6.07) is 10.9. The number of rotatable bonds is 7. The highest BCUT2D eigenvalue weighted by atomic mass is 32.1. The molecule has 0 aliphatic heterocycles. The van der Waals surface area contributed by atoms with Crippen LogP contribution >= 0.6 is 11.3 Å². The van der Waals surface area contributed by atoms with E-state index >= 15 is 0 Å². The first kappa shape index (κ1) is 17.9. The van der Waals surface area contributed by atoms with Gasteiger partial charge in [-0.25, -0.2) is 4.79 Å². The molecule has 0 saturated heterocycles. The van der Waals surface area contributed by atoms with Crippen molar-refractivity contribution in [1.82, 2.24) is 14.7 Å². The molecule has 0 unspecified atom stereocenters. The van der Waals surface area contributed by atoms with E-state index in [4.69, 9.17) is 4.74 Å². The normalized spacial score (nSPS) is 10.5. The van der Waals surface area contributed by atoms with E-state index in [-0.39, 0.29) is 12.5 Å². The molecule has 0 bridgehead atoms. The van der Waals surface area contributed by atoms with Crippen molar-refractivity contribution < 1.29 is 14.3 Å². The van der Waals surface area contributed by atoms with Crippen molar-refractivity contribution in [1.29, 1.82) is 0 Å². The summed E-state index contributed by atoms with van der Waals surface area (Å²) in [5.74, 6) is -0.743. The molecule has 3 rings (SSSR count). The van der Waals surface area contributed by atoms with E-state index in [1.807, 2.05) is 41.2 Å². The lowest BCUT2D eigenvalue weighted by Crippen LogP contribution is -2.30. The fourth-order valence-corrected chi connectivity index (χ4v) is 3.05. The Morgan fingerprint density at radius 1 is 1.19 bits per heavy atom. The van der Waals surface area contributed by atoms with Crippen LogP contribution in [0.25, 0.3) is 0 Å². The van der Waals surface area contributed by atoms with Crippen LogP contribution in [-0.4, -0.2) is 40.2 Å². The van der Waals surface area contributed by atoms with Gasteiger partial charge in [-0.15, -0.1) is 0 Å². The van der Waals surface area contributed by atoms with Gasteiger partial charge >= 0.3 is 5.97 Å². The third-order valence-electron chi connectivity index (χ3n) is 3.85. The maximum atomic E-state index is 12.1. The number of esters is 1. The monoisotopic (exact) mass is 369 g/mol. The maximum absolute atomic E-state index is 12.1. The quantitative estimate of drug-likeness (QED) is 0.601. The van der Waals surface area contributed by atoms with Gasteiger partial charge in [0, 0.05) is 26.0 Å². The Morgan fingerprint density at radius 2 is 2.00 bits per heavy atom. The molecule has 134 valence electrons. The van der Waals surface area contributed by atoms with E-state index in [2.05, 4.69) is 5.10 Å². The highest BCUT2D eigenvalue weighted by Crippen LogP contribution is 2.10. The molecular weight excluding hydrogens is 350 g/mol. The smallest absolute Gasteiger partial charge is 0.338 e. The number of carbonyl (C=O) groups excluding carboxylic acids is 2. The molecule has 0 aliphatic carbocycles. The first-order valence-corrected chi connectivity index (χ1v) is 9.04. The van der Waals surface area contributed by atoms with Gasteiger partial charge in [0.2, 0.25) is 0 Å². The van der Waals surface area contributed by atoms with Crippen LogP contribution in [0.4, 0.5) is 0 Å². The summed E-state index contributed by atoms with van der Waals surface area (Å²) in [6.07, 6.45) is 3.60. The zero-order valence-corrected chi connectivity index (χ0v) is 15.2. The third kappa shape index (κ3) is 4.80. The van der Waals surface area contributed by atoms with E-state index < -0.39 is 5.97 Å². The van der Waals surface area contributed by atoms with E-state index in [1.54, 1.807) is 46.3 Å². The molecule has 0 N–H and O–H groups in total. The zero-order chi connectivity index (χ0) is 18.4. The maximum Gasteiger partial charge on any atom is 0.338 e. The lowest BCUT2D eigenvalue weighted by atomic mass is 10.1. The van der Waals surface area contributed by atoms with Gasteiger partial charge in [-0.05, 0) is 46.2 Å². The number of benzene rings is 1. The van der Waals surface area contributed by atoms with Gasteiger partial charge < -0.3 is 9.64 Å². The number of nitrogens with zero attached hydrogens (tertiary/aromatic N) is 3. The second kappa shape index (κ2) is 8.44. The van der Waals surface area contributed by atoms with E-state index in [0.717, 1.165) is 11.1 Å². The van der Waals surface area contributed by atoms with E-state index in [0.29, 0.717) is 18.7 Å². The van der Waals surface area contributed by atoms with Crippen molar-refractivity contribution in [2.75, 3.05) is 13.7 Å². The van der Waals surface area contributed by atoms with Crippen molar-refractivity contribution in [3.05, 3.63) is 76.2 Å². The van der Waals surface area contributed by atoms with Crippen molar-refractivity contribution in [2.45, 2.75) is 13.1 Å². The lowest BCUT2D eigenvalue weighted by molar-refractivity contribution is -0.133. The van der Waals surface area contributed by atoms with Gasteiger partial charge in [-0.1, -0.05) is 12.1 Å². The SMILES string of the molecule is CN(Cc1ccsc1)C(=O)COC(=O)c1ccc(Cn2cccn2)cc1. The van der Waals surface area contributed by atoms with Gasteiger partial charge in [0.1, 0.15) is 0 Å². The summed E-state index contributed by atoms with van der Waals surface area (Å²) in [4.78, 5) is 25.7. The van der Waals surface area contributed by atoms with Crippen molar-refractivity contribution in [3.8, 4) is 0 Å². The van der Waals surface area contributed by atoms with Crippen molar-refractivity contribution in [3.63, 3.8) is 0 Å². The minimum Gasteiger partial charge on any atom is -0.452 e. The highest BCUT2D eigenvalue weighted by Gasteiger charge is 2.14. The summed E-state index contributed by atoms with van der Waals surface area (Å²) in [5, 5.41) is 8.09. The van der Waals surface area contributed by atoms with Gasteiger partial charge in [0.25, 0.3) is 5.91 Å². The number of likely N-dealkylation sites (N-methyl/N-ethyl adjacent to an activating group) is 1. The highest BCUT2D eigenvalue weighted by molar-refractivity contribution is 7.07. The molecule has 1 aromatic carbocycles. The second-order valence-corrected chi connectivity index (χ2v) is 6.64. The Morgan fingerprint density at radius 3 is 2.65 bits per heavy atom. The summed E-state index contributed by atoms with van der Waals surface area (Å²) in [7, 11) is 1.69. The van der Waals surface area contributed by atoms with Crippen LogP contribution in [0, 0.1) is 0 Å². The van der Waals surface area contributed by atoms with Gasteiger partial charge in [-0.3, -0.25) is 9.48 Å². The molecule has 0 atom stereocenters. The first-order valence-electron chi connectivity index (χ1n) is 8.10. The molecule has 0 radical (unpaired) electrons. The molecule has 2 heterocycles. The van der Waals surface area contributed by atoms with Crippen molar-refractivity contribution >= 4 is 23.2 Å². The molecule has 0 spiro atoms. The Kier molecular flexibility index (Phi) is 5.80. The average Bonchev–Trinajstić information content (AvgIpc) is 3.34. The minimum absolute atomic E-state index is 0.236. The summed E-state index contributed by atoms with van der Waals surface area (Å²) in [5.41, 5.74) is 2.50. The van der Waals surface area contributed by atoms with Crippen LogP contribution in [0.1, 0.15) is 21.5 Å². The van der Waals surface area contributed by atoms with Crippen LogP contribution in [0.5, 0.6) is 0 Å². The Bertz CT molecular complexity index is 843. The molecule has 7 heteroatoms. The fraction of sp³-hybridized carbons (Fsp3) is 0.211. The van der Waals surface area contributed by atoms with Crippen LogP contribution in [0.15, 0.2) is 59.6 Å². The molecule has 3 aromatic rings. The summed E-state index contributed by atoms with van der Waals surface area (Å²) < 4.78 is 6.93. The number of carbonyl (C=O) groups is 2. The third-order valence-corrected chi connectivity index (χ3v) is 4.58. The summed E-state index contributed by atoms with van der Waals surface area (Å²) >= 11 is 1.58. The molecule has 0 aliphatic rings. The van der Waals surface area contributed by atoms with E-state index in [9.17, 15) is 9.59 Å². The van der Waals surface area contributed by atoms with Crippen LogP contribution in [0.3, 0.4) is 0 Å². The Labute approximate surface area is 155 Å².